The van der Waals surface area contributed by atoms with Crippen molar-refractivity contribution in [3.8, 4) is 6.07 Å². The van der Waals surface area contributed by atoms with Gasteiger partial charge in [-0.15, -0.1) is 11.3 Å². The number of nitro groups is 1. The van der Waals surface area contributed by atoms with Crippen LogP contribution in [0.15, 0.2) is 29.6 Å². The quantitative estimate of drug-likeness (QED) is 0.675. The van der Waals surface area contributed by atoms with Crippen LogP contribution in [0.5, 0.6) is 0 Å². The number of hydrogen-bond donors (Lipinski definition) is 1. The van der Waals surface area contributed by atoms with Crippen LogP contribution >= 0.6 is 11.3 Å². The highest BCUT2D eigenvalue weighted by Crippen LogP contribution is 2.33. The molecule has 1 aromatic carbocycles. The van der Waals surface area contributed by atoms with E-state index in [9.17, 15) is 10.1 Å². The fourth-order valence-electron chi connectivity index (χ4n) is 1.57. The van der Waals surface area contributed by atoms with Crippen LogP contribution in [0.3, 0.4) is 0 Å². The van der Waals surface area contributed by atoms with E-state index in [1.807, 2.05) is 6.92 Å². The Labute approximate surface area is 107 Å². The molecule has 6 heteroatoms. The van der Waals surface area contributed by atoms with Crippen molar-refractivity contribution in [3.63, 3.8) is 0 Å². The van der Waals surface area contributed by atoms with Gasteiger partial charge in [-0.1, -0.05) is 12.1 Å². The Morgan fingerprint density at radius 2 is 2.17 bits per heavy atom. The van der Waals surface area contributed by atoms with E-state index in [1.165, 1.54) is 17.4 Å². The number of nitrogens with zero attached hydrogens (tertiary/aromatic N) is 2. The molecule has 0 aliphatic rings. The maximum atomic E-state index is 10.9. The lowest BCUT2D eigenvalue weighted by atomic mass is 10.2. The molecule has 5 nitrogen and oxygen atoms in total. The molecule has 0 bridgehead atoms. The van der Waals surface area contributed by atoms with Crippen LogP contribution in [0.1, 0.15) is 10.4 Å². The molecule has 0 saturated heterocycles. The average Bonchev–Trinajstić information content (AvgIpc) is 2.71. The van der Waals surface area contributed by atoms with E-state index in [1.54, 1.807) is 23.6 Å². The van der Waals surface area contributed by atoms with Gasteiger partial charge in [0.2, 0.25) is 0 Å². The molecule has 0 fully saturated rings. The van der Waals surface area contributed by atoms with Crippen molar-refractivity contribution in [3.05, 3.63) is 50.2 Å². The Morgan fingerprint density at radius 3 is 2.83 bits per heavy atom. The van der Waals surface area contributed by atoms with Gasteiger partial charge < -0.3 is 5.32 Å². The number of benzene rings is 1. The summed E-state index contributed by atoms with van der Waals surface area (Å²) in [6.45, 7) is 1.86. The summed E-state index contributed by atoms with van der Waals surface area (Å²) in [6, 6.07) is 8.43. The summed E-state index contributed by atoms with van der Waals surface area (Å²) < 4.78 is 0. The molecule has 1 N–H and O–H groups in total. The smallest absolute Gasteiger partial charge is 0.292 e. The molecule has 1 heterocycles. The second-order valence-corrected chi connectivity index (χ2v) is 4.68. The number of rotatable bonds is 3. The van der Waals surface area contributed by atoms with E-state index in [2.05, 4.69) is 11.4 Å². The fourth-order valence-corrected chi connectivity index (χ4v) is 2.31. The van der Waals surface area contributed by atoms with Gasteiger partial charge in [-0.2, -0.15) is 5.26 Å². The normalized spacial score (nSPS) is 9.78. The third-order valence-electron chi connectivity index (χ3n) is 2.46. The summed E-state index contributed by atoms with van der Waals surface area (Å²) in [5.74, 6) is 0. The Balaban J connectivity index is 2.44. The molecular weight excluding hydrogens is 250 g/mol. The molecule has 0 spiro atoms. The monoisotopic (exact) mass is 259 g/mol. The largest absolute Gasteiger partial charge is 0.348 e. The highest BCUT2D eigenvalue weighted by Gasteiger charge is 2.15. The van der Waals surface area contributed by atoms with Crippen LogP contribution in [-0.4, -0.2) is 4.92 Å². The summed E-state index contributed by atoms with van der Waals surface area (Å²) >= 11 is 1.43. The fraction of sp³-hybridized carbons (Fsp3) is 0.0833. The maximum absolute atomic E-state index is 10.9. The van der Waals surface area contributed by atoms with E-state index < -0.39 is 4.92 Å². The highest BCUT2D eigenvalue weighted by molar-refractivity contribution is 7.10. The molecule has 2 aromatic rings. The van der Waals surface area contributed by atoms with E-state index >= 15 is 0 Å². The number of thiophene rings is 1. The molecule has 0 aliphatic carbocycles. The van der Waals surface area contributed by atoms with Gasteiger partial charge in [-0.3, -0.25) is 10.1 Å². The van der Waals surface area contributed by atoms with Crippen LogP contribution in [0.25, 0.3) is 0 Å². The van der Waals surface area contributed by atoms with Gasteiger partial charge in [0.15, 0.2) is 0 Å². The Kier molecular flexibility index (Phi) is 3.26. The standard InChI is InChI=1S/C12H9N3O2S/c1-8-12(9(6-13)7-18-8)14-10-4-2-3-5-11(10)15(16)17/h2-5,7,14H,1H3. The molecule has 0 unspecified atom stereocenters. The summed E-state index contributed by atoms with van der Waals surface area (Å²) in [5.41, 5.74) is 1.51. The molecule has 2 rings (SSSR count). The van der Waals surface area contributed by atoms with Crippen LogP contribution in [0.2, 0.25) is 0 Å². The van der Waals surface area contributed by atoms with Crippen LogP contribution in [0.4, 0.5) is 17.1 Å². The number of anilines is 2. The SMILES string of the molecule is Cc1scc(C#N)c1Nc1ccccc1[N+](=O)[O-]. The van der Waals surface area contributed by atoms with Gasteiger partial charge in [0.05, 0.1) is 16.2 Å². The zero-order valence-electron chi connectivity index (χ0n) is 9.51. The first-order valence-corrected chi connectivity index (χ1v) is 6.00. The molecule has 0 amide bonds. The van der Waals surface area contributed by atoms with Gasteiger partial charge in [0.25, 0.3) is 5.69 Å². The van der Waals surface area contributed by atoms with Crippen molar-refractivity contribution in [1.82, 2.24) is 0 Å². The zero-order valence-corrected chi connectivity index (χ0v) is 10.3. The van der Waals surface area contributed by atoms with Crippen molar-refractivity contribution < 1.29 is 4.92 Å². The highest BCUT2D eigenvalue weighted by atomic mass is 32.1. The number of nitriles is 1. The number of nitro benzene ring substituents is 1. The molecule has 1 aromatic heterocycles. The predicted molar refractivity (Wildman–Crippen MR) is 70.2 cm³/mol. The maximum Gasteiger partial charge on any atom is 0.292 e. The molecular formula is C12H9N3O2S. The van der Waals surface area contributed by atoms with Crippen molar-refractivity contribution in [1.29, 1.82) is 5.26 Å². The second kappa shape index (κ2) is 4.85. The number of hydrogen-bond acceptors (Lipinski definition) is 5. The Bertz CT molecular complexity index is 643. The lowest BCUT2D eigenvalue weighted by Crippen LogP contribution is -1.97. The van der Waals surface area contributed by atoms with Crippen molar-refractivity contribution in [2.45, 2.75) is 6.92 Å². The summed E-state index contributed by atoms with van der Waals surface area (Å²) in [6.07, 6.45) is 0. The van der Waals surface area contributed by atoms with Crippen molar-refractivity contribution in [2.75, 3.05) is 5.32 Å². The first kappa shape index (κ1) is 12.1. The Hall–Kier alpha value is -2.39. The molecule has 90 valence electrons. The van der Waals surface area contributed by atoms with E-state index in [0.717, 1.165) is 4.88 Å². The molecule has 0 aliphatic heterocycles. The first-order valence-electron chi connectivity index (χ1n) is 5.12. The summed E-state index contributed by atoms with van der Waals surface area (Å²) in [4.78, 5) is 11.4. The van der Waals surface area contributed by atoms with Gasteiger partial charge in [0.1, 0.15) is 11.8 Å². The second-order valence-electron chi connectivity index (χ2n) is 3.59. The first-order chi connectivity index (χ1) is 8.63. The number of para-hydroxylation sites is 2. The topological polar surface area (TPSA) is 79.0 Å². The Morgan fingerprint density at radius 1 is 1.44 bits per heavy atom. The van der Waals surface area contributed by atoms with Gasteiger partial charge in [-0.25, -0.2) is 0 Å². The minimum atomic E-state index is -0.448. The van der Waals surface area contributed by atoms with Gasteiger partial charge in [0, 0.05) is 16.3 Å². The van der Waals surface area contributed by atoms with E-state index in [4.69, 9.17) is 5.26 Å². The molecule has 0 radical (unpaired) electrons. The van der Waals surface area contributed by atoms with E-state index in [0.29, 0.717) is 16.9 Å². The minimum Gasteiger partial charge on any atom is -0.348 e. The summed E-state index contributed by atoms with van der Waals surface area (Å²) in [5, 5.41) is 24.6. The zero-order chi connectivity index (χ0) is 13.1. The van der Waals surface area contributed by atoms with Crippen molar-refractivity contribution >= 4 is 28.4 Å². The average molecular weight is 259 g/mol. The number of nitrogens with one attached hydrogen (secondary N) is 1. The van der Waals surface area contributed by atoms with Gasteiger partial charge >= 0.3 is 0 Å². The van der Waals surface area contributed by atoms with Crippen molar-refractivity contribution in [2.24, 2.45) is 0 Å². The van der Waals surface area contributed by atoms with Crippen LogP contribution in [0, 0.1) is 28.4 Å². The third-order valence-corrected chi connectivity index (χ3v) is 3.37. The molecule has 0 saturated carbocycles. The lowest BCUT2D eigenvalue weighted by Gasteiger charge is -2.06. The molecule has 0 atom stereocenters. The number of aryl methyl sites for hydroxylation is 1. The van der Waals surface area contributed by atoms with Crippen LogP contribution in [-0.2, 0) is 0 Å². The lowest BCUT2D eigenvalue weighted by molar-refractivity contribution is -0.383. The van der Waals surface area contributed by atoms with Crippen LogP contribution < -0.4 is 5.32 Å². The summed E-state index contributed by atoms with van der Waals surface area (Å²) in [7, 11) is 0. The van der Waals surface area contributed by atoms with E-state index in [-0.39, 0.29) is 5.69 Å². The predicted octanol–water partition coefficient (Wildman–Crippen LogP) is 3.58. The third kappa shape index (κ3) is 2.17. The minimum absolute atomic E-state index is 0.00742. The molecule has 18 heavy (non-hydrogen) atoms. The van der Waals surface area contributed by atoms with Gasteiger partial charge in [-0.05, 0) is 13.0 Å².